The van der Waals surface area contributed by atoms with Gasteiger partial charge >= 0.3 is 0 Å². The van der Waals surface area contributed by atoms with E-state index < -0.39 is 0 Å². The van der Waals surface area contributed by atoms with Crippen LogP contribution in [0.25, 0.3) is 0 Å². The number of allylic oxidation sites excluding steroid dienone is 4. The van der Waals surface area contributed by atoms with Crippen LogP contribution in [0, 0.1) is 0 Å². The maximum Gasteiger partial charge on any atom is 0.219 e. The highest BCUT2D eigenvalue weighted by Gasteiger charge is 2.17. The number of Topliss-reactive ketones (excluding diaryl/α,β-unsaturated/α-hetero) is 2. The molecule has 0 aromatic rings. The average Bonchev–Trinajstić information content (AvgIpc) is 2.58. The molecule has 0 radical (unpaired) electrons. The molecule has 0 aromatic carbocycles. The molecule has 0 aliphatic heterocycles. The van der Waals surface area contributed by atoms with E-state index in [1.54, 1.807) is 18.2 Å². The molecule has 4 heteroatoms. The van der Waals surface area contributed by atoms with Gasteiger partial charge in [-0.15, -0.1) is 0 Å². The van der Waals surface area contributed by atoms with Crippen molar-refractivity contribution in [1.82, 2.24) is 5.32 Å². The standard InChI is InChI=1S/C20H31NO3/c1-2-3-4-5-8-15-20(24)21-16-11-6-7-13-18(22)17-12-9-10-14-19(17)23/h9-10,12H,2-8,11,13-16H2,1H3,(H,21,24). The van der Waals surface area contributed by atoms with Gasteiger partial charge in [-0.2, -0.15) is 0 Å². The van der Waals surface area contributed by atoms with Gasteiger partial charge in [0.2, 0.25) is 5.91 Å². The third-order valence-electron chi connectivity index (χ3n) is 4.21. The van der Waals surface area contributed by atoms with Crippen molar-refractivity contribution in [2.75, 3.05) is 6.54 Å². The van der Waals surface area contributed by atoms with Crippen LogP contribution in [0.5, 0.6) is 0 Å². The number of hydrogen-bond donors (Lipinski definition) is 1. The molecule has 0 bridgehead atoms. The van der Waals surface area contributed by atoms with E-state index in [1.807, 2.05) is 0 Å². The zero-order chi connectivity index (χ0) is 17.6. The van der Waals surface area contributed by atoms with Crippen LogP contribution >= 0.6 is 0 Å². The molecule has 24 heavy (non-hydrogen) atoms. The minimum atomic E-state index is -0.0753. The Morgan fingerprint density at radius 2 is 1.71 bits per heavy atom. The van der Waals surface area contributed by atoms with Crippen molar-refractivity contribution in [3.63, 3.8) is 0 Å². The molecule has 1 aliphatic carbocycles. The number of amides is 1. The van der Waals surface area contributed by atoms with E-state index >= 15 is 0 Å². The molecule has 0 spiro atoms. The van der Waals surface area contributed by atoms with Crippen LogP contribution in [0.4, 0.5) is 0 Å². The van der Waals surface area contributed by atoms with Gasteiger partial charge in [0.05, 0.1) is 5.57 Å². The average molecular weight is 333 g/mol. The number of ketones is 2. The number of rotatable bonds is 13. The summed E-state index contributed by atoms with van der Waals surface area (Å²) in [4.78, 5) is 35.2. The van der Waals surface area contributed by atoms with E-state index in [9.17, 15) is 14.4 Å². The molecule has 0 saturated carbocycles. The topological polar surface area (TPSA) is 63.2 Å². The first kappa shape index (κ1) is 20.3. The van der Waals surface area contributed by atoms with Crippen LogP contribution in [0.15, 0.2) is 23.8 Å². The Balaban J connectivity index is 1.99. The van der Waals surface area contributed by atoms with E-state index in [0.29, 0.717) is 31.4 Å². The second-order valence-corrected chi connectivity index (χ2v) is 6.38. The Bertz CT molecular complexity index is 477. The van der Waals surface area contributed by atoms with Gasteiger partial charge in [-0.1, -0.05) is 51.2 Å². The Hall–Kier alpha value is -1.71. The van der Waals surface area contributed by atoms with Crippen molar-refractivity contribution in [3.8, 4) is 0 Å². The first-order chi connectivity index (χ1) is 11.6. The summed E-state index contributed by atoms with van der Waals surface area (Å²) in [7, 11) is 0. The van der Waals surface area contributed by atoms with Gasteiger partial charge in [0.1, 0.15) is 0 Å². The van der Waals surface area contributed by atoms with Crippen molar-refractivity contribution < 1.29 is 14.4 Å². The molecule has 0 unspecified atom stereocenters. The maximum atomic E-state index is 11.9. The molecule has 1 N–H and O–H groups in total. The van der Waals surface area contributed by atoms with Gasteiger partial charge in [-0.05, 0) is 25.3 Å². The summed E-state index contributed by atoms with van der Waals surface area (Å²) in [6.07, 6.45) is 14.8. The highest BCUT2D eigenvalue weighted by atomic mass is 16.2. The van der Waals surface area contributed by atoms with Crippen LogP contribution in [-0.2, 0) is 14.4 Å². The Labute approximate surface area is 145 Å². The summed E-state index contributed by atoms with van der Waals surface area (Å²) in [5.74, 6) is 0.00137. The Kier molecular flexibility index (Phi) is 10.7. The Morgan fingerprint density at radius 1 is 1.00 bits per heavy atom. The predicted octanol–water partition coefficient (Wildman–Crippen LogP) is 4.05. The Morgan fingerprint density at radius 3 is 2.46 bits per heavy atom. The number of carbonyl (C=O) groups is 3. The van der Waals surface area contributed by atoms with Gasteiger partial charge in [0.25, 0.3) is 0 Å². The molecule has 0 heterocycles. The van der Waals surface area contributed by atoms with Crippen molar-refractivity contribution in [1.29, 1.82) is 0 Å². The van der Waals surface area contributed by atoms with Crippen LogP contribution in [0.2, 0.25) is 0 Å². The highest BCUT2D eigenvalue weighted by molar-refractivity contribution is 6.21. The summed E-state index contributed by atoms with van der Waals surface area (Å²) < 4.78 is 0. The first-order valence-corrected chi connectivity index (χ1v) is 9.35. The van der Waals surface area contributed by atoms with E-state index in [-0.39, 0.29) is 17.5 Å². The number of unbranched alkanes of at least 4 members (excludes halogenated alkanes) is 6. The number of hydrogen-bond acceptors (Lipinski definition) is 3. The van der Waals surface area contributed by atoms with Crippen LogP contribution in [0.3, 0.4) is 0 Å². The maximum absolute atomic E-state index is 11.9. The van der Waals surface area contributed by atoms with E-state index in [1.165, 1.54) is 19.3 Å². The lowest BCUT2D eigenvalue weighted by atomic mass is 9.96. The largest absolute Gasteiger partial charge is 0.356 e. The van der Waals surface area contributed by atoms with Crippen LogP contribution < -0.4 is 5.32 Å². The summed E-state index contributed by atoms with van der Waals surface area (Å²) in [5.41, 5.74) is 0.342. The molecule has 0 fully saturated rings. The van der Waals surface area contributed by atoms with Gasteiger partial charge in [-0.3, -0.25) is 14.4 Å². The molecule has 1 aliphatic rings. The molecular weight excluding hydrogens is 302 g/mol. The fraction of sp³-hybridized carbons (Fsp3) is 0.650. The van der Waals surface area contributed by atoms with Crippen molar-refractivity contribution in [2.45, 2.75) is 77.6 Å². The molecular formula is C20H31NO3. The molecule has 1 rings (SSSR count). The predicted molar refractivity (Wildman–Crippen MR) is 96.7 cm³/mol. The molecule has 0 saturated heterocycles. The van der Waals surface area contributed by atoms with E-state index in [0.717, 1.165) is 32.1 Å². The summed E-state index contributed by atoms with van der Waals surface area (Å²) >= 11 is 0. The minimum Gasteiger partial charge on any atom is -0.356 e. The lowest BCUT2D eigenvalue weighted by Crippen LogP contribution is -2.24. The van der Waals surface area contributed by atoms with Gasteiger partial charge in [-0.25, -0.2) is 0 Å². The molecule has 0 aromatic heterocycles. The smallest absolute Gasteiger partial charge is 0.219 e. The third kappa shape index (κ3) is 8.80. The van der Waals surface area contributed by atoms with Crippen LogP contribution in [-0.4, -0.2) is 24.0 Å². The first-order valence-electron chi connectivity index (χ1n) is 9.35. The number of carbonyl (C=O) groups excluding carboxylic acids is 3. The summed E-state index contributed by atoms with van der Waals surface area (Å²) in [6.45, 7) is 2.85. The second-order valence-electron chi connectivity index (χ2n) is 6.38. The van der Waals surface area contributed by atoms with Crippen molar-refractivity contribution in [3.05, 3.63) is 23.8 Å². The minimum absolute atomic E-state index is 0.0551. The van der Waals surface area contributed by atoms with Gasteiger partial charge < -0.3 is 5.32 Å². The molecule has 4 nitrogen and oxygen atoms in total. The third-order valence-corrected chi connectivity index (χ3v) is 4.21. The van der Waals surface area contributed by atoms with Gasteiger partial charge in [0.15, 0.2) is 11.6 Å². The monoisotopic (exact) mass is 333 g/mol. The normalized spacial score (nSPS) is 13.7. The van der Waals surface area contributed by atoms with Crippen molar-refractivity contribution in [2.24, 2.45) is 0 Å². The fourth-order valence-electron chi connectivity index (χ4n) is 2.72. The molecule has 134 valence electrons. The SMILES string of the molecule is CCCCCCCC(=O)NCCCCCC(=O)C1=CC=CCC1=O. The lowest BCUT2D eigenvalue weighted by molar-refractivity contribution is -0.122. The van der Waals surface area contributed by atoms with Crippen molar-refractivity contribution >= 4 is 17.5 Å². The second kappa shape index (κ2) is 12.7. The zero-order valence-electron chi connectivity index (χ0n) is 14.9. The fourth-order valence-corrected chi connectivity index (χ4v) is 2.72. The van der Waals surface area contributed by atoms with E-state index in [4.69, 9.17) is 0 Å². The zero-order valence-corrected chi connectivity index (χ0v) is 14.9. The highest BCUT2D eigenvalue weighted by Crippen LogP contribution is 2.13. The van der Waals surface area contributed by atoms with Gasteiger partial charge in [0, 0.05) is 25.8 Å². The quantitative estimate of drug-likeness (QED) is 0.408. The summed E-state index contributed by atoms with van der Waals surface area (Å²) in [6, 6.07) is 0. The van der Waals surface area contributed by atoms with E-state index in [2.05, 4.69) is 12.2 Å². The van der Waals surface area contributed by atoms with Crippen LogP contribution in [0.1, 0.15) is 77.6 Å². The number of nitrogens with one attached hydrogen (secondary N) is 1. The molecule has 1 amide bonds. The molecule has 0 atom stereocenters. The summed E-state index contributed by atoms with van der Waals surface area (Å²) in [5, 5.41) is 2.93. The lowest BCUT2D eigenvalue weighted by Gasteiger charge is -2.07.